The lowest BCUT2D eigenvalue weighted by Crippen LogP contribution is -2.22. The van der Waals surface area contributed by atoms with E-state index < -0.39 is 0 Å². The van der Waals surface area contributed by atoms with E-state index in [2.05, 4.69) is 5.10 Å². The van der Waals surface area contributed by atoms with E-state index in [1.165, 1.54) is 16.8 Å². The van der Waals surface area contributed by atoms with E-state index in [9.17, 15) is 4.79 Å². The average Bonchev–Trinajstić information content (AvgIpc) is 2.88. The number of hydrazone groups is 1. The standard InChI is InChI=1S/C19H16ClN3OS2/c1-22(2)16-9-5-13(6-10-16)11-17-18(24)23(19(25)26-17)21-12-14-3-7-15(20)8-4-14/h3-12H,1-2H3/b17-11+,21-12+. The normalized spacial score (nSPS) is 16.1. The molecule has 132 valence electrons. The quantitative estimate of drug-likeness (QED) is 0.424. The lowest BCUT2D eigenvalue weighted by Gasteiger charge is -2.11. The Morgan fingerprint density at radius 1 is 1.08 bits per heavy atom. The molecule has 0 saturated carbocycles. The second kappa shape index (κ2) is 8.03. The SMILES string of the molecule is CN(C)c1ccc(/C=C2/SC(=S)N(/N=C/c3ccc(Cl)cc3)C2=O)cc1. The minimum absolute atomic E-state index is 0.220. The number of thioether (sulfide) groups is 1. The predicted molar refractivity (Wildman–Crippen MR) is 115 cm³/mol. The first-order valence-electron chi connectivity index (χ1n) is 7.79. The highest BCUT2D eigenvalue weighted by Crippen LogP contribution is 2.33. The summed E-state index contributed by atoms with van der Waals surface area (Å²) >= 11 is 12.4. The van der Waals surface area contributed by atoms with E-state index >= 15 is 0 Å². The van der Waals surface area contributed by atoms with Crippen molar-refractivity contribution in [2.75, 3.05) is 19.0 Å². The third-order valence-electron chi connectivity index (χ3n) is 3.67. The zero-order chi connectivity index (χ0) is 18.7. The highest BCUT2D eigenvalue weighted by atomic mass is 35.5. The molecule has 2 aromatic rings. The lowest BCUT2D eigenvalue weighted by molar-refractivity contribution is -0.122. The molecule has 1 aliphatic heterocycles. The van der Waals surface area contributed by atoms with Crippen LogP contribution in [0, 0.1) is 0 Å². The summed E-state index contributed by atoms with van der Waals surface area (Å²) in [5.41, 5.74) is 2.88. The minimum Gasteiger partial charge on any atom is -0.378 e. The molecule has 1 fully saturated rings. The minimum atomic E-state index is -0.220. The van der Waals surface area contributed by atoms with Crippen molar-refractivity contribution in [1.82, 2.24) is 5.01 Å². The number of carbonyl (C=O) groups excluding carboxylic acids is 1. The monoisotopic (exact) mass is 401 g/mol. The van der Waals surface area contributed by atoms with Crippen molar-refractivity contribution in [3.63, 3.8) is 0 Å². The van der Waals surface area contributed by atoms with Gasteiger partial charge < -0.3 is 4.90 Å². The maximum absolute atomic E-state index is 12.6. The Bertz CT molecular complexity index is 890. The van der Waals surface area contributed by atoms with E-state index in [-0.39, 0.29) is 5.91 Å². The van der Waals surface area contributed by atoms with Crippen molar-refractivity contribution in [2.24, 2.45) is 5.10 Å². The summed E-state index contributed by atoms with van der Waals surface area (Å²) in [6.45, 7) is 0. The summed E-state index contributed by atoms with van der Waals surface area (Å²) < 4.78 is 0.413. The van der Waals surface area contributed by atoms with Crippen LogP contribution in [0.4, 0.5) is 5.69 Å². The fourth-order valence-corrected chi connectivity index (χ4v) is 3.55. The maximum atomic E-state index is 12.6. The third-order valence-corrected chi connectivity index (χ3v) is 5.21. The number of thiocarbonyl (C=S) groups is 1. The fourth-order valence-electron chi connectivity index (χ4n) is 2.25. The molecule has 4 nitrogen and oxygen atoms in total. The van der Waals surface area contributed by atoms with E-state index in [0.717, 1.165) is 16.8 Å². The number of benzene rings is 2. The van der Waals surface area contributed by atoms with Crippen molar-refractivity contribution >= 4 is 63.8 Å². The van der Waals surface area contributed by atoms with Crippen molar-refractivity contribution in [3.05, 3.63) is 69.6 Å². The van der Waals surface area contributed by atoms with Crippen molar-refractivity contribution in [1.29, 1.82) is 0 Å². The topological polar surface area (TPSA) is 35.9 Å². The van der Waals surface area contributed by atoms with Crippen molar-refractivity contribution in [3.8, 4) is 0 Å². The Hall–Kier alpha value is -2.15. The van der Waals surface area contributed by atoms with Gasteiger partial charge in [-0.1, -0.05) is 47.6 Å². The predicted octanol–water partition coefficient (Wildman–Crippen LogP) is 4.64. The number of halogens is 1. The van der Waals surface area contributed by atoms with Crippen LogP contribution in [0.5, 0.6) is 0 Å². The molecule has 0 aromatic heterocycles. The van der Waals surface area contributed by atoms with Gasteiger partial charge in [-0.15, -0.1) is 0 Å². The molecule has 1 amide bonds. The van der Waals surface area contributed by atoms with Crippen LogP contribution in [0.1, 0.15) is 11.1 Å². The van der Waals surface area contributed by atoms with E-state index in [1.54, 1.807) is 18.3 Å². The zero-order valence-electron chi connectivity index (χ0n) is 14.2. The van der Waals surface area contributed by atoms with Gasteiger partial charge in [0.15, 0.2) is 4.32 Å². The van der Waals surface area contributed by atoms with Gasteiger partial charge in [-0.05, 0) is 53.7 Å². The van der Waals surface area contributed by atoms with Gasteiger partial charge in [0.2, 0.25) is 0 Å². The molecule has 0 unspecified atom stereocenters. The van der Waals surface area contributed by atoms with Gasteiger partial charge in [0.05, 0.1) is 11.1 Å². The Morgan fingerprint density at radius 3 is 2.31 bits per heavy atom. The molecule has 1 aliphatic rings. The largest absolute Gasteiger partial charge is 0.378 e. The molecular formula is C19H16ClN3OS2. The molecule has 0 N–H and O–H groups in total. The second-order valence-corrected chi connectivity index (χ2v) is 7.89. The first-order chi connectivity index (χ1) is 12.4. The number of nitrogens with zero attached hydrogens (tertiary/aromatic N) is 3. The van der Waals surface area contributed by atoms with Gasteiger partial charge in [-0.3, -0.25) is 4.79 Å². The number of amides is 1. The molecule has 0 bridgehead atoms. The fraction of sp³-hybridized carbons (Fsp3) is 0.105. The first-order valence-corrected chi connectivity index (χ1v) is 9.39. The number of carbonyl (C=O) groups is 1. The van der Waals surface area contributed by atoms with E-state index in [4.69, 9.17) is 23.8 Å². The van der Waals surface area contributed by atoms with Crippen LogP contribution >= 0.6 is 35.6 Å². The van der Waals surface area contributed by atoms with Crippen LogP contribution in [-0.2, 0) is 4.79 Å². The summed E-state index contributed by atoms with van der Waals surface area (Å²) in [7, 11) is 3.97. The number of anilines is 1. The summed E-state index contributed by atoms with van der Waals surface area (Å²) in [5.74, 6) is -0.220. The Labute approximate surface area is 167 Å². The van der Waals surface area contributed by atoms with Crippen molar-refractivity contribution in [2.45, 2.75) is 0 Å². The lowest BCUT2D eigenvalue weighted by atomic mass is 10.2. The zero-order valence-corrected chi connectivity index (χ0v) is 16.6. The summed E-state index contributed by atoms with van der Waals surface area (Å²) in [6, 6.07) is 15.1. The van der Waals surface area contributed by atoms with Crippen LogP contribution in [0.15, 0.2) is 58.5 Å². The molecule has 0 aliphatic carbocycles. The summed E-state index contributed by atoms with van der Waals surface area (Å²) in [4.78, 5) is 15.2. The van der Waals surface area contributed by atoms with E-state index in [1.807, 2.05) is 61.5 Å². The van der Waals surface area contributed by atoms with Gasteiger partial charge in [-0.2, -0.15) is 10.1 Å². The number of hydrogen-bond donors (Lipinski definition) is 0. The first kappa shape index (κ1) is 18.6. The van der Waals surface area contributed by atoms with Gasteiger partial charge in [0.1, 0.15) is 0 Å². The Morgan fingerprint density at radius 2 is 1.69 bits per heavy atom. The van der Waals surface area contributed by atoms with Gasteiger partial charge in [0, 0.05) is 24.8 Å². The van der Waals surface area contributed by atoms with Crippen LogP contribution in [-0.4, -0.2) is 35.5 Å². The van der Waals surface area contributed by atoms with Crippen LogP contribution in [0.3, 0.4) is 0 Å². The molecular weight excluding hydrogens is 386 g/mol. The Kier molecular flexibility index (Phi) is 5.76. The molecule has 2 aromatic carbocycles. The molecule has 3 rings (SSSR count). The molecule has 1 saturated heterocycles. The summed E-state index contributed by atoms with van der Waals surface area (Å²) in [5, 5.41) is 6.11. The highest BCUT2D eigenvalue weighted by Gasteiger charge is 2.31. The molecule has 0 atom stereocenters. The van der Waals surface area contributed by atoms with E-state index in [0.29, 0.717) is 14.2 Å². The molecule has 0 radical (unpaired) electrons. The molecule has 1 heterocycles. The second-order valence-electron chi connectivity index (χ2n) is 5.78. The number of rotatable bonds is 4. The Balaban J connectivity index is 1.76. The van der Waals surface area contributed by atoms with Gasteiger partial charge in [0.25, 0.3) is 5.91 Å². The summed E-state index contributed by atoms with van der Waals surface area (Å²) in [6.07, 6.45) is 3.42. The van der Waals surface area contributed by atoms with Crippen LogP contribution in [0.25, 0.3) is 6.08 Å². The smallest absolute Gasteiger partial charge is 0.286 e. The molecule has 0 spiro atoms. The van der Waals surface area contributed by atoms with Gasteiger partial charge >= 0.3 is 0 Å². The van der Waals surface area contributed by atoms with Gasteiger partial charge in [-0.25, -0.2) is 0 Å². The third kappa shape index (κ3) is 4.33. The molecule has 7 heteroatoms. The maximum Gasteiger partial charge on any atom is 0.286 e. The molecule has 26 heavy (non-hydrogen) atoms. The van der Waals surface area contributed by atoms with Crippen LogP contribution < -0.4 is 4.90 Å². The highest BCUT2D eigenvalue weighted by molar-refractivity contribution is 8.26. The average molecular weight is 402 g/mol. The number of hydrogen-bond acceptors (Lipinski definition) is 5. The van der Waals surface area contributed by atoms with Crippen LogP contribution in [0.2, 0.25) is 5.02 Å². The van der Waals surface area contributed by atoms with Crippen molar-refractivity contribution < 1.29 is 4.79 Å².